The van der Waals surface area contributed by atoms with E-state index in [0.717, 1.165) is 0 Å². The van der Waals surface area contributed by atoms with Crippen LogP contribution in [0.1, 0.15) is 18.5 Å². The molecule has 0 bridgehead atoms. The zero-order valence-corrected chi connectivity index (χ0v) is 9.92. The SMILES string of the molecule is Cc1cc(NC(=O)[C@@H]2CC=CC[C@@H]2C(=O)O)on1. The van der Waals surface area contributed by atoms with Crippen LogP contribution in [0.4, 0.5) is 5.88 Å². The number of hydrogen-bond donors (Lipinski definition) is 2. The highest BCUT2D eigenvalue weighted by atomic mass is 16.5. The second kappa shape index (κ2) is 5.03. The Morgan fingerprint density at radius 3 is 2.61 bits per heavy atom. The van der Waals surface area contributed by atoms with E-state index in [1.54, 1.807) is 19.1 Å². The zero-order valence-electron chi connectivity index (χ0n) is 9.92. The van der Waals surface area contributed by atoms with Crippen LogP contribution < -0.4 is 5.32 Å². The molecule has 6 nitrogen and oxygen atoms in total. The predicted molar refractivity (Wildman–Crippen MR) is 62.9 cm³/mol. The Morgan fingerprint density at radius 2 is 2.06 bits per heavy atom. The molecule has 1 aromatic rings. The Kier molecular flexibility index (Phi) is 3.45. The molecule has 2 N–H and O–H groups in total. The van der Waals surface area contributed by atoms with Crippen molar-refractivity contribution in [2.24, 2.45) is 11.8 Å². The summed E-state index contributed by atoms with van der Waals surface area (Å²) in [5.41, 5.74) is 0.656. The van der Waals surface area contributed by atoms with E-state index in [-0.39, 0.29) is 11.8 Å². The Balaban J connectivity index is 2.07. The molecular formula is C12H14N2O4. The highest BCUT2D eigenvalue weighted by molar-refractivity contribution is 5.94. The summed E-state index contributed by atoms with van der Waals surface area (Å²) in [6.07, 6.45) is 4.43. The van der Waals surface area contributed by atoms with Gasteiger partial charge in [0, 0.05) is 6.07 Å². The van der Waals surface area contributed by atoms with Crippen LogP contribution in [0.3, 0.4) is 0 Å². The third-order valence-corrected chi connectivity index (χ3v) is 2.96. The minimum atomic E-state index is -0.951. The quantitative estimate of drug-likeness (QED) is 0.794. The summed E-state index contributed by atoms with van der Waals surface area (Å²) < 4.78 is 4.87. The van der Waals surface area contributed by atoms with Crippen LogP contribution in [0.25, 0.3) is 0 Å². The summed E-state index contributed by atoms with van der Waals surface area (Å²) in [4.78, 5) is 23.1. The molecule has 96 valence electrons. The number of rotatable bonds is 3. The largest absolute Gasteiger partial charge is 0.481 e. The van der Waals surface area contributed by atoms with Gasteiger partial charge in [0.2, 0.25) is 11.8 Å². The number of allylic oxidation sites excluding steroid dienone is 2. The van der Waals surface area contributed by atoms with Crippen LogP contribution in [0.5, 0.6) is 0 Å². The molecular weight excluding hydrogens is 236 g/mol. The molecule has 0 radical (unpaired) electrons. The predicted octanol–water partition coefficient (Wildman–Crippen LogP) is 1.59. The first-order valence-corrected chi connectivity index (χ1v) is 5.70. The summed E-state index contributed by atoms with van der Waals surface area (Å²) >= 11 is 0. The average molecular weight is 250 g/mol. The van der Waals surface area contributed by atoms with Crippen molar-refractivity contribution in [2.45, 2.75) is 19.8 Å². The second-order valence-electron chi connectivity index (χ2n) is 4.32. The Labute approximate surface area is 104 Å². The molecule has 18 heavy (non-hydrogen) atoms. The second-order valence-corrected chi connectivity index (χ2v) is 4.32. The Hall–Kier alpha value is -2.11. The van der Waals surface area contributed by atoms with Gasteiger partial charge in [-0.05, 0) is 19.8 Å². The fraction of sp³-hybridized carbons (Fsp3) is 0.417. The number of nitrogens with zero attached hydrogens (tertiary/aromatic N) is 1. The van der Waals surface area contributed by atoms with Gasteiger partial charge in [0.25, 0.3) is 0 Å². The highest BCUT2D eigenvalue weighted by Crippen LogP contribution is 2.27. The van der Waals surface area contributed by atoms with E-state index in [1.807, 2.05) is 6.08 Å². The van der Waals surface area contributed by atoms with Crippen molar-refractivity contribution in [3.63, 3.8) is 0 Å². The van der Waals surface area contributed by atoms with Crippen LogP contribution in [0.15, 0.2) is 22.7 Å². The molecule has 0 aromatic carbocycles. The van der Waals surface area contributed by atoms with Crippen molar-refractivity contribution >= 4 is 17.8 Å². The monoisotopic (exact) mass is 250 g/mol. The number of aryl methyl sites for hydroxylation is 1. The summed E-state index contributed by atoms with van der Waals surface area (Å²) in [7, 11) is 0. The van der Waals surface area contributed by atoms with E-state index in [1.165, 1.54) is 0 Å². The normalized spacial score (nSPS) is 22.7. The third kappa shape index (κ3) is 2.58. The molecule has 1 amide bonds. The molecule has 0 unspecified atom stereocenters. The first-order valence-electron chi connectivity index (χ1n) is 5.70. The van der Waals surface area contributed by atoms with Gasteiger partial charge in [0.05, 0.1) is 17.5 Å². The first-order chi connectivity index (χ1) is 8.58. The van der Waals surface area contributed by atoms with Gasteiger partial charge in [0.15, 0.2) is 0 Å². The van der Waals surface area contributed by atoms with Gasteiger partial charge < -0.3 is 9.63 Å². The van der Waals surface area contributed by atoms with Gasteiger partial charge in [-0.2, -0.15) is 0 Å². The molecule has 0 spiro atoms. The molecule has 1 heterocycles. The van der Waals surface area contributed by atoms with E-state index < -0.39 is 17.8 Å². The lowest BCUT2D eigenvalue weighted by atomic mass is 9.82. The topological polar surface area (TPSA) is 92.4 Å². The van der Waals surface area contributed by atoms with Crippen LogP contribution in [0, 0.1) is 18.8 Å². The number of carboxylic acids is 1. The van der Waals surface area contributed by atoms with Crippen LogP contribution in [0.2, 0.25) is 0 Å². The molecule has 0 aliphatic heterocycles. The van der Waals surface area contributed by atoms with Gasteiger partial charge in [-0.1, -0.05) is 17.3 Å². The van der Waals surface area contributed by atoms with E-state index in [4.69, 9.17) is 9.63 Å². The summed E-state index contributed by atoms with van der Waals surface area (Å²) in [6, 6.07) is 1.59. The smallest absolute Gasteiger partial charge is 0.307 e. The van der Waals surface area contributed by atoms with Crippen LogP contribution in [-0.4, -0.2) is 22.1 Å². The maximum absolute atomic E-state index is 12.0. The highest BCUT2D eigenvalue weighted by Gasteiger charge is 2.34. The number of carboxylic acid groups (broad SMARTS) is 1. The zero-order chi connectivity index (χ0) is 13.1. The lowest BCUT2D eigenvalue weighted by molar-refractivity contribution is -0.146. The lowest BCUT2D eigenvalue weighted by Crippen LogP contribution is -2.34. The number of nitrogens with one attached hydrogen (secondary N) is 1. The number of aromatic nitrogens is 1. The number of carbonyl (C=O) groups excluding carboxylic acids is 1. The average Bonchev–Trinajstić information content (AvgIpc) is 2.74. The molecule has 6 heteroatoms. The minimum absolute atomic E-state index is 0.246. The lowest BCUT2D eigenvalue weighted by Gasteiger charge is -2.23. The van der Waals surface area contributed by atoms with Gasteiger partial charge in [-0.25, -0.2) is 0 Å². The molecule has 2 atom stereocenters. The molecule has 2 rings (SSSR count). The molecule has 0 fully saturated rings. The maximum Gasteiger partial charge on any atom is 0.307 e. The van der Waals surface area contributed by atoms with Crippen molar-refractivity contribution in [3.05, 3.63) is 23.9 Å². The van der Waals surface area contributed by atoms with Crippen LogP contribution in [-0.2, 0) is 9.59 Å². The standard InChI is InChI=1S/C12H14N2O4/c1-7-6-10(18-14-7)13-11(15)8-4-2-3-5-9(8)12(16)17/h2-3,6,8-9H,4-5H2,1H3,(H,13,15)(H,16,17)/t8-,9+/m1/s1. The maximum atomic E-state index is 12.0. The third-order valence-electron chi connectivity index (χ3n) is 2.96. The van der Waals surface area contributed by atoms with Crippen molar-refractivity contribution in [2.75, 3.05) is 5.32 Å². The number of hydrogen-bond acceptors (Lipinski definition) is 4. The fourth-order valence-electron chi connectivity index (χ4n) is 2.01. The summed E-state index contributed by atoms with van der Waals surface area (Å²) in [5, 5.41) is 15.3. The van der Waals surface area contributed by atoms with Gasteiger partial charge >= 0.3 is 5.97 Å². The summed E-state index contributed by atoms with van der Waals surface area (Å²) in [6.45, 7) is 1.74. The minimum Gasteiger partial charge on any atom is -0.481 e. The molecule has 1 aliphatic rings. The van der Waals surface area contributed by atoms with E-state index >= 15 is 0 Å². The van der Waals surface area contributed by atoms with Gasteiger partial charge in [-0.15, -0.1) is 0 Å². The molecule has 1 aliphatic carbocycles. The van der Waals surface area contributed by atoms with Crippen molar-refractivity contribution < 1.29 is 19.2 Å². The van der Waals surface area contributed by atoms with Gasteiger partial charge in [-0.3, -0.25) is 14.9 Å². The van der Waals surface area contributed by atoms with Crippen LogP contribution >= 0.6 is 0 Å². The first kappa shape index (κ1) is 12.3. The number of carbonyl (C=O) groups is 2. The molecule has 1 aromatic heterocycles. The van der Waals surface area contributed by atoms with Crippen molar-refractivity contribution in [3.8, 4) is 0 Å². The van der Waals surface area contributed by atoms with Crippen molar-refractivity contribution in [1.82, 2.24) is 5.16 Å². The fourth-order valence-corrected chi connectivity index (χ4v) is 2.01. The Bertz CT molecular complexity index is 492. The van der Waals surface area contributed by atoms with E-state index in [9.17, 15) is 9.59 Å². The number of anilines is 1. The summed E-state index contributed by atoms with van der Waals surface area (Å²) in [5.74, 6) is -2.30. The number of amides is 1. The molecule has 0 saturated heterocycles. The number of aliphatic carboxylic acids is 1. The van der Waals surface area contributed by atoms with Gasteiger partial charge in [0.1, 0.15) is 0 Å². The van der Waals surface area contributed by atoms with E-state index in [0.29, 0.717) is 18.5 Å². The molecule has 0 saturated carbocycles. The van der Waals surface area contributed by atoms with Crippen molar-refractivity contribution in [1.29, 1.82) is 0 Å². The van der Waals surface area contributed by atoms with E-state index in [2.05, 4.69) is 10.5 Å². The Morgan fingerprint density at radius 1 is 1.39 bits per heavy atom.